The van der Waals surface area contributed by atoms with Crippen molar-refractivity contribution in [3.8, 4) is 0 Å². The van der Waals surface area contributed by atoms with Crippen LogP contribution < -0.4 is 0 Å². The number of rotatable bonds is 21. The van der Waals surface area contributed by atoms with E-state index in [2.05, 4.69) is 20.8 Å². The molecule has 0 fully saturated rings. The minimum atomic E-state index is -0.125. The molecule has 0 saturated heterocycles. The average molecular weight is 391 g/mol. The Morgan fingerprint density at radius 2 is 1.22 bits per heavy atom. The largest absolute Gasteiger partial charge is 0.466 e. The van der Waals surface area contributed by atoms with E-state index in [1.807, 2.05) is 0 Å². The number of hydrogen-bond acceptors (Lipinski definition) is 6. The van der Waals surface area contributed by atoms with E-state index in [0.29, 0.717) is 71.6 Å². The summed E-state index contributed by atoms with van der Waals surface area (Å²) >= 11 is 0. The Bertz CT molecular complexity index is 309. The van der Waals surface area contributed by atoms with E-state index in [0.717, 1.165) is 19.4 Å². The zero-order chi connectivity index (χ0) is 20.0. The Morgan fingerprint density at radius 3 is 1.81 bits per heavy atom. The molecule has 162 valence electrons. The quantitative estimate of drug-likeness (QED) is 0.218. The predicted molar refractivity (Wildman–Crippen MR) is 107 cm³/mol. The van der Waals surface area contributed by atoms with Crippen LogP contribution in [0.2, 0.25) is 0 Å². The van der Waals surface area contributed by atoms with Crippen molar-refractivity contribution in [2.24, 2.45) is 5.92 Å². The Balaban J connectivity index is 3.12. The van der Waals surface area contributed by atoms with Crippen molar-refractivity contribution in [3.63, 3.8) is 0 Å². The minimum absolute atomic E-state index is 0.125. The lowest BCUT2D eigenvalue weighted by Crippen LogP contribution is -2.13. The zero-order valence-electron chi connectivity index (χ0n) is 17.8. The standard InChI is InChI=1S/C21H42O6/c1-4-5-6-7-8-12-27-21(22)10-9-11-23-13-14-24-15-16-25-17-18-26-19-20(2)3/h20H,4-19H2,1-3H3. The molecule has 0 aromatic rings. The van der Waals surface area contributed by atoms with Gasteiger partial charge in [-0.1, -0.05) is 46.5 Å². The molecule has 0 aliphatic carbocycles. The van der Waals surface area contributed by atoms with Gasteiger partial charge in [-0.3, -0.25) is 4.79 Å². The van der Waals surface area contributed by atoms with Crippen LogP contribution in [0.4, 0.5) is 0 Å². The van der Waals surface area contributed by atoms with Gasteiger partial charge in [-0.15, -0.1) is 0 Å². The number of hydrogen-bond donors (Lipinski definition) is 0. The number of ether oxygens (including phenoxy) is 5. The van der Waals surface area contributed by atoms with Crippen LogP contribution in [0, 0.1) is 5.92 Å². The normalized spacial score (nSPS) is 11.3. The van der Waals surface area contributed by atoms with Gasteiger partial charge in [0.2, 0.25) is 0 Å². The molecule has 6 heteroatoms. The van der Waals surface area contributed by atoms with Crippen molar-refractivity contribution in [2.75, 3.05) is 59.5 Å². The van der Waals surface area contributed by atoms with Crippen molar-refractivity contribution >= 4 is 5.97 Å². The van der Waals surface area contributed by atoms with Crippen LogP contribution >= 0.6 is 0 Å². The lowest BCUT2D eigenvalue weighted by molar-refractivity contribution is -0.144. The monoisotopic (exact) mass is 390 g/mol. The first-order valence-corrected chi connectivity index (χ1v) is 10.6. The summed E-state index contributed by atoms with van der Waals surface area (Å²) in [4.78, 5) is 11.5. The highest BCUT2D eigenvalue weighted by Crippen LogP contribution is 2.03. The molecule has 0 heterocycles. The van der Waals surface area contributed by atoms with Gasteiger partial charge in [-0.05, 0) is 18.8 Å². The highest BCUT2D eigenvalue weighted by molar-refractivity contribution is 5.69. The van der Waals surface area contributed by atoms with Gasteiger partial charge in [0.1, 0.15) is 0 Å². The molecule has 0 rings (SSSR count). The highest BCUT2D eigenvalue weighted by Gasteiger charge is 2.02. The summed E-state index contributed by atoms with van der Waals surface area (Å²) < 4.78 is 26.9. The van der Waals surface area contributed by atoms with Gasteiger partial charge in [0.05, 0.1) is 46.2 Å². The zero-order valence-corrected chi connectivity index (χ0v) is 17.8. The van der Waals surface area contributed by atoms with Gasteiger partial charge in [-0.25, -0.2) is 0 Å². The fourth-order valence-corrected chi connectivity index (χ4v) is 2.26. The van der Waals surface area contributed by atoms with Crippen LogP contribution in [0.5, 0.6) is 0 Å². The number of carbonyl (C=O) groups is 1. The van der Waals surface area contributed by atoms with E-state index in [-0.39, 0.29) is 5.97 Å². The van der Waals surface area contributed by atoms with E-state index in [1.54, 1.807) is 0 Å². The molecule has 27 heavy (non-hydrogen) atoms. The SMILES string of the molecule is CCCCCCCOC(=O)CCCOCCOCCOCCOCC(C)C. The van der Waals surface area contributed by atoms with Gasteiger partial charge in [0, 0.05) is 19.6 Å². The van der Waals surface area contributed by atoms with E-state index in [9.17, 15) is 4.79 Å². The fraction of sp³-hybridized carbons (Fsp3) is 0.952. The molecule has 0 aliphatic rings. The van der Waals surface area contributed by atoms with Crippen LogP contribution in [-0.2, 0) is 28.5 Å². The first kappa shape index (κ1) is 26.3. The van der Waals surface area contributed by atoms with E-state index >= 15 is 0 Å². The summed E-state index contributed by atoms with van der Waals surface area (Å²) in [5, 5.41) is 0. The smallest absolute Gasteiger partial charge is 0.305 e. The lowest BCUT2D eigenvalue weighted by Gasteiger charge is -2.08. The molecule has 0 atom stereocenters. The van der Waals surface area contributed by atoms with Crippen LogP contribution in [0.25, 0.3) is 0 Å². The van der Waals surface area contributed by atoms with E-state index in [1.165, 1.54) is 19.3 Å². The number of carbonyl (C=O) groups excluding carboxylic acids is 1. The summed E-state index contributed by atoms with van der Waals surface area (Å²) in [6, 6.07) is 0. The predicted octanol–water partition coefficient (Wildman–Crippen LogP) is 4.00. The maximum Gasteiger partial charge on any atom is 0.305 e. The molecule has 0 aromatic heterocycles. The summed E-state index contributed by atoms with van der Waals surface area (Å²) in [6.45, 7) is 11.7. The first-order chi connectivity index (χ1) is 13.2. The van der Waals surface area contributed by atoms with Gasteiger partial charge in [0.15, 0.2) is 0 Å². The van der Waals surface area contributed by atoms with Gasteiger partial charge < -0.3 is 23.7 Å². The van der Waals surface area contributed by atoms with Crippen molar-refractivity contribution in [2.45, 2.75) is 65.7 Å². The molecule has 0 radical (unpaired) electrons. The maximum atomic E-state index is 11.5. The third-order valence-electron chi connectivity index (χ3n) is 3.75. The van der Waals surface area contributed by atoms with Crippen molar-refractivity contribution in [1.29, 1.82) is 0 Å². The fourth-order valence-electron chi connectivity index (χ4n) is 2.26. The Hall–Kier alpha value is -0.690. The molecular weight excluding hydrogens is 348 g/mol. The summed E-state index contributed by atoms with van der Waals surface area (Å²) in [5.41, 5.74) is 0. The second-order valence-electron chi connectivity index (χ2n) is 7.04. The first-order valence-electron chi connectivity index (χ1n) is 10.6. The number of esters is 1. The van der Waals surface area contributed by atoms with Crippen LogP contribution in [-0.4, -0.2) is 65.4 Å². The minimum Gasteiger partial charge on any atom is -0.466 e. The van der Waals surface area contributed by atoms with Crippen LogP contribution in [0.1, 0.15) is 65.7 Å². The third kappa shape index (κ3) is 23.3. The van der Waals surface area contributed by atoms with E-state index in [4.69, 9.17) is 23.7 Å². The molecule has 0 bridgehead atoms. The molecule has 0 aliphatic heterocycles. The molecule has 0 aromatic carbocycles. The molecule has 6 nitrogen and oxygen atoms in total. The van der Waals surface area contributed by atoms with Gasteiger partial charge >= 0.3 is 5.97 Å². The summed E-state index contributed by atoms with van der Waals surface area (Å²) in [5.74, 6) is 0.430. The maximum absolute atomic E-state index is 11.5. The van der Waals surface area contributed by atoms with Crippen molar-refractivity contribution < 1.29 is 28.5 Å². The second-order valence-corrected chi connectivity index (χ2v) is 7.04. The van der Waals surface area contributed by atoms with Gasteiger partial charge in [0.25, 0.3) is 0 Å². The Labute approximate surface area is 166 Å². The molecule has 0 unspecified atom stereocenters. The number of unbranched alkanes of at least 4 members (excludes halogenated alkanes) is 4. The van der Waals surface area contributed by atoms with Gasteiger partial charge in [-0.2, -0.15) is 0 Å². The molecular formula is C21H42O6. The van der Waals surface area contributed by atoms with Crippen LogP contribution in [0.3, 0.4) is 0 Å². The van der Waals surface area contributed by atoms with E-state index < -0.39 is 0 Å². The molecule has 0 amide bonds. The molecule has 0 spiro atoms. The van der Waals surface area contributed by atoms with Crippen molar-refractivity contribution in [1.82, 2.24) is 0 Å². The molecule has 0 N–H and O–H groups in total. The Kier molecular flexibility index (Phi) is 21.1. The average Bonchev–Trinajstić information content (AvgIpc) is 2.64. The summed E-state index contributed by atoms with van der Waals surface area (Å²) in [6.07, 6.45) is 6.93. The van der Waals surface area contributed by atoms with Crippen molar-refractivity contribution in [3.05, 3.63) is 0 Å². The topological polar surface area (TPSA) is 63.2 Å². The lowest BCUT2D eigenvalue weighted by atomic mass is 10.2. The van der Waals surface area contributed by atoms with Crippen LogP contribution in [0.15, 0.2) is 0 Å². The molecule has 0 saturated carbocycles. The highest BCUT2D eigenvalue weighted by atomic mass is 16.6. The second kappa shape index (κ2) is 21.6. The Morgan fingerprint density at radius 1 is 0.667 bits per heavy atom. The third-order valence-corrected chi connectivity index (χ3v) is 3.75. The summed E-state index contributed by atoms with van der Waals surface area (Å²) in [7, 11) is 0.